The Kier molecular flexibility index (Phi) is 4.95. The molecule has 3 heterocycles. The number of rotatable bonds is 5. The normalized spacial score (nSPS) is 13.1. The van der Waals surface area contributed by atoms with Crippen LogP contribution in [0.4, 0.5) is 4.39 Å². The van der Waals surface area contributed by atoms with E-state index in [4.69, 9.17) is 4.98 Å². The average molecular weight is 462 g/mol. The molecule has 1 amide bonds. The van der Waals surface area contributed by atoms with Gasteiger partial charge < -0.3 is 4.57 Å². The van der Waals surface area contributed by atoms with Crippen LogP contribution in [0, 0.1) is 12.7 Å². The first-order chi connectivity index (χ1) is 17.1. The molecule has 35 heavy (non-hydrogen) atoms. The van der Waals surface area contributed by atoms with E-state index in [0.717, 1.165) is 38.3 Å². The standard InChI is InChI=1S/C28H20FN5O/c1-17-27-23(21-6-3-5-9-25(21)34(27)16-18-10-12-19(29)13-11-18)14-20(31-17)15-30-33-26-22-7-2-4-8-24(22)32-28(26)35/h2-15H,16H2,1H3,(H,32,33,35). The van der Waals surface area contributed by atoms with Crippen molar-refractivity contribution < 1.29 is 9.18 Å². The fourth-order valence-corrected chi connectivity index (χ4v) is 4.63. The van der Waals surface area contributed by atoms with Gasteiger partial charge in [0.2, 0.25) is 0 Å². The van der Waals surface area contributed by atoms with Gasteiger partial charge in [0.1, 0.15) is 11.5 Å². The fraction of sp³-hybridized carbons (Fsp3) is 0.0714. The van der Waals surface area contributed by atoms with Gasteiger partial charge in [-0.1, -0.05) is 48.5 Å². The smallest absolute Gasteiger partial charge is 0.296 e. The van der Waals surface area contributed by atoms with Gasteiger partial charge in [-0.2, -0.15) is 5.10 Å². The quantitative estimate of drug-likeness (QED) is 0.321. The van der Waals surface area contributed by atoms with E-state index in [1.165, 1.54) is 12.1 Å². The predicted octanol–water partition coefficient (Wildman–Crippen LogP) is 3.58. The third-order valence-electron chi connectivity index (χ3n) is 6.18. The van der Waals surface area contributed by atoms with E-state index in [-0.39, 0.29) is 11.7 Å². The molecule has 1 aliphatic heterocycles. The molecule has 5 aromatic rings. The Morgan fingerprint density at radius 2 is 1.77 bits per heavy atom. The number of fused-ring (bicyclic) bond motifs is 4. The first-order valence-electron chi connectivity index (χ1n) is 11.2. The molecular weight excluding hydrogens is 441 g/mol. The SMILES string of the molecule is Cc1nc(C=NNC2=c3ccccc3=NC2=O)cc2c3ccccc3n(Cc3ccc(F)cc3)c12. The van der Waals surface area contributed by atoms with Crippen molar-refractivity contribution in [3.8, 4) is 0 Å². The molecule has 0 radical (unpaired) electrons. The minimum Gasteiger partial charge on any atom is -0.334 e. The van der Waals surface area contributed by atoms with Gasteiger partial charge in [-0.25, -0.2) is 14.4 Å². The van der Waals surface area contributed by atoms with Crippen LogP contribution in [0.25, 0.3) is 27.5 Å². The van der Waals surface area contributed by atoms with Crippen LogP contribution < -0.4 is 16.0 Å². The minimum absolute atomic E-state index is 0.249. The fourth-order valence-electron chi connectivity index (χ4n) is 4.63. The van der Waals surface area contributed by atoms with Gasteiger partial charge in [0.05, 0.1) is 28.5 Å². The molecule has 170 valence electrons. The molecule has 0 spiro atoms. The Labute approximate surface area is 199 Å². The number of amides is 1. The van der Waals surface area contributed by atoms with E-state index in [1.807, 2.05) is 43.3 Å². The van der Waals surface area contributed by atoms with Crippen LogP contribution in [-0.2, 0) is 11.3 Å². The third-order valence-corrected chi connectivity index (χ3v) is 6.18. The lowest BCUT2D eigenvalue weighted by atomic mass is 10.1. The first kappa shape index (κ1) is 20.9. The number of para-hydroxylation sites is 2. The lowest BCUT2D eigenvalue weighted by Crippen LogP contribution is -2.26. The summed E-state index contributed by atoms with van der Waals surface area (Å²) in [6.07, 6.45) is 1.61. The van der Waals surface area contributed by atoms with Gasteiger partial charge >= 0.3 is 0 Å². The number of benzene rings is 3. The largest absolute Gasteiger partial charge is 0.334 e. The van der Waals surface area contributed by atoms with E-state index in [2.05, 4.69) is 32.2 Å². The Balaban J connectivity index is 1.40. The van der Waals surface area contributed by atoms with Gasteiger partial charge in [-0.15, -0.1) is 0 Å². The molecule has 2 aromatic heterocycles. The zero-order chi connectivity index (χ0) is 23.9. The number of carbonyl (C=O) groups excluding carboxylic acids is 1. The third kappa shape index (κ3) is 3.67. The highest BCUT2D eigenvalue weighted by atomic mass is 19.1. The molecule has 0 atom stereocenters. The van der Waals surface area contributed by atoms with Crippen LogP contribution in [0.3, 0.4) is 0 Å². The number of hydrogen-bond acceptors (Lipinski definition) is 4. The Hall–Kier alpha value is -4.65. The van der Waals surface area contributed by atoms with Crippen LogP contribution >= 0.6 is 0 Å². The van der Waals surface area contributed by atoms with Crippen molar-refractivity contribution >= 4 is 39.6 Å². The monoisotopic (exact) mass is 461 g/mol. The summed E-state index contributed by atoms with van der Waals surface area (Å²) in [4.78, 5) is 21.0. The summed E-state index contributed by atoms with van der Waals surface area (Å²) in [5.41, 5.74) is 7.83. The molecule has 0 saturated heterocycles. The van der Waals surface area contributed by atoms with Crippen LogP contribution in [0.15, 0.2) is 89.0 Å². The van der Waals surface area contributed by atoms with Gasteiger partial charge in [-0.3, -0.25) is 10.2 Å². The van der Waals surface area contributed by atoms with Crippen LogP contribution in [0.1, 0.15) is 17.0 Å². The number of pyridine rings is 1. The molecule has 0 saturated carbocycles. The molecule has 6 rings (SSSR count). The first-order valence-corrected chi connectivity index (χ1v) is 11.2. The molecule has 7 heteroatoms. The Bertz CT molecular complexity index is 1780. The molecule has 0 fully saturated rings. The van der Waals surface area contributed by atoms with Crippen molar-refractivity contribution in [2.24, 2.45) is 10.1 Å². The van der Waals surface area contributed by atoms with Gasteiger partial charge in [0.15, 0.2) is 0 Å². The Morgan fingerprint density at radius 3 is 2.63 bits per heavy atom. The number of aromatic nitrogens is 2. The number of halogens is 1. The summed E-state index contributed by atoms with van der Waals surface area (Å²) >= 11 is 0. The van der Waals surface area contributed by atoms with Crippen molar-refractivity contribution in [2.45, 2.75) is 13.5 Å². The summed E-state index contributed by atoms with van der Waals surface area (Å²) in [6, 6.07) is 24.1. The van der Waals surface area contributed by atoms with Crippen LogP contribution in [0.2, 0.25) is 0 Å². The second-order valence-electron chi connectivity index (χ2n) is 8.44. The van der Waals surface area contributed by atoms with Crippen molar-refractivity contribution in [2.75, 3.05) is 0 Å². The molecule has 1 aliphatic rings. The summed E-state index contributed by atoms with van der Waals surface area (Å²) in [5.74, 6) is -0.590. The highest BCUT2D eigenvalue weighted by Crippen LogP contribution is 2.31. The summed E-state index contributed by atoms with van der Waals surface area (Å²) in [6.45, 7) is 2.57. The molecule has 0 bridgehead atoms. The zero-order valence-electron chi connectivity index (χ0n) is 18.9. The minimum atomic E-state index is -0.341. The highest BCUT2D eigenvalue weighted by molar-refractivity contribution is 6.14. The van der Waals surface area contributed by atoms with Crippen molar-refractivity contribution in [3.63, 3.8) is 0 Å². The van der Waals surface area contributed by atoms with Crippen LogP contribution in [-0.4, -0.2) is 21.7 Å². The summed E-state index contributed by atoms with van der Waals surface area (Å²) < 4.78 is 15.6. The maximum atomic E-state index is 13.4. The second-order valence-corrected chi connectivity index (χ2v) is 8.44. The van der Waals surface area contributed by atoms with Gasteiger partial charge in [0, 0.05) is 28.1 Å². The molecule has 0 aliphatic carbocycles. The average Bonchev–Trinajstić information content (AvgIpc) is 3.35. The summed E-state index contributed by atoms with van der Waals surface area (Å²) in [5, 5.41) is 7.82. The van der Waals surface area contributed by atoms with E-state index in [0.29, 0.717) is 23.3 Å². The lowest BCUT2D eigenvalue weighted by Gasteiger charge is -2.09. The van der Waals surface area contributed by atoms with Crippen molar-refractivity contribution in [1.29, 1.82) is 0 Å². The molecule has 0 unspecified atom stereocenters. The molecule has 6 nitrogen and oxygen atoms in total. The number of nitrogens with one attached hydrogen (secondary N) is 1. The Morgan fingerprint density at radius 1 is 1.00 bits per heavy atom. The van der Waals surface area contributed by atoms with E-state index in [9.17, 15) is 9.18 Å². The van der Waals surface area contributed by atoms with E-state index < -0.39 is 0 Å². The van der Waals surface area contributed by atoms with E-state index in [1.54, 1.807) is 24.4 Å². The number of hydrazone groups is 1. The zero-order valence-corrected chi connectivity index (χ0v) is 18.9. The highest BCUT2D eigenvalue weighted by Gasteiger charge is 2.16. The van der Waals surface area contributed by atoms with Crippen LogP contribution in [0.5, 0.6) is 0 Å². The van der Waals surface area contributed by atoms with Gasteiger partial charge in [0.25, 0.3) is 5.91 Å². The maximum Gasteiger partial charge on any atom is 0.296 e. The lowest BCUT2D eigenvalue weighted by molar-refractivity contribution is -0.113. The summed E-state index contributed by atoms with van der Waals surface area (Å²) in [7, 11) is 0. The van der Waals surface area contributed by atoms with Crippen molar-refractivity contribution in [3.05, 3.63) is 112 Å². The molecular formula is C28H20FN5O. The second kappa shape index (κ2) is 8.29. The van der Waals surface area contributed by atoms with Gasteiger partial charge in [-0.05, 0) is 42.8 Å². The predicted molar refractivity (Wildman–Crippen MR) is 134 cm³/mol. The van der Waals surface area contributed by atoms with Crippen molar-refractivity contribution in [1.82, 2.24) is 15.0 Å². The number of nitrogens with zero attached hydrogens (tertiary/aromatic N) is 4. The molecule has 1 N–H and O–H groups in total. The number of aryl methyl sites for hydroxylation is 1. The number of hydrogen-bond donors (Lipinski definition) is 1. The topological polar surface area (TPSA) is 71.6 Å². The molecule has 3 aromatic carbocycles. The number of carbonyl (C=O) groups is 1. The maximum absolute atomic E-state index is 13.4. The van der Waals surface area contributed by atoms with E-state index >= 15 is 0 Å².